The van der Waals surface area contributed by atoms with Gasteiger partial charge in [0.25, 0.3) is 0 Å². The van der Waals surface area contributed by atoms with Crippen LogP contribution in [0, 0.1) is 11.3 Å². The lowest BCUT2D eigenvalue weighted by Crippen LogP contribution is -2.44. The molecule has 0 aromatic heterocycles. The quantitative estimate of drug-likeness (QED) is 0.563. The van der Waals surface area contributed by atoms with Crippen molar-refractivity contribution in [3.05, 3.63) is 34.9 Å². The number of carbonyl (C=O) groups excluding carboxylic acids is 2. The summed E-state index contributed by atoms with van der Waals surface area (Å²) in [7, 11) is 0. The van der Waals surface area contributed by atoms with Crippen LogP contribution in [0.2, 0.25) is 5.02 Å². The van der Waals surface area contributed by atoms with Crippen molar-refractivity contribution in [3.63, 3.8) is 0 Å². The van der Waals surface area contributed by atoms with Crippen LogP contribution in [-0.2, 0) is 20.7 Å². The smallest absolute Gasteiger partial charge is 0.319 e. The third-order valence-corrected chi connectivity index (χ3v) is 4.93. The van der Waals surface area contributed by atoms with Crippen molar-refractivity contribution in [2.24, 2.45) is 11.3 Å². The first kappa shape index (κ1) is 18.0. The number of esters is 1. The maximum absolute atomic E-state index is 13.1. The Kier molecular flexibility index (Phi) is 6.23. The van der Waals surface area contributed by atoms with Gasteiger partial charge >= 0.3 is 5.97 Å². The van der Waals surface area contributed by atoms with E-state index in [4.69, 9.17) is 16.3 Å². The van der Waals surface area contributed by atoms with Crippen LogP contribution in [-0.4, -0.2) is 18.4 Å². The first-order chi connectivity index (χ1) is 11.0. The SMILES string of the molecule is CCOC(=O)C(C)(Cc1cccc(Cl)c1)C(=O)C1CCCCC1. The number of hydrogen-bond acceptors (Lipinski definition) is 3. The molecule has 3 nitrogen and oxygen atoms in total. The van der Waals surface area contributed by atoms with Gasteiger partial charge in [-0.25, -0.2) is 0 Å². The van der Waals surface area contributed by atoms with Crippen molar-refractivity contribution in [2.45, 2.75) is 52.4 Å². The summed E-state index contributed by atoms with van der Waals surface area (Å²) in [4.78, 5) is 25.7. The highest BCUT2D eigenvalue weighted by Gasteiger charge is 2.45. The minimum Gasteiger partial charge on any atom is -0.465 e. The van der Waals surface area contributed by atoms with Crippen molar-refractivity contribution in [2.75, 3.05) is 6.61 Å². The largest absolute Gasteiger partial charge is 0.465 e. The summed E-state index contributed by atoms with van der Waals surface area (Å²) in [5.41, 5.74) is -0.250. The third kappa shape index (κ3) is 4.35. The Morgan fingerprint density at radius 1 is 1.26 bits per heavy atom. The second-order valence-electron chi connectivity index (χ2n) is 6.56. The molecule has 0 heterocycles. The van der Waals surface area contributed by atoms with Crippen molar-refractivity contribution in [1.82, 2.24) is 0 Å². The minimum atomic E-state index is -1.14. The average Bonchev–Trinajstić information content (AvgIpc) is 2.55. The minimum absolute atomic E-state index is 0.0237. The maximum Gasteiger partial charge on any atom is 0.319 e. The lowest BCUT2D eigenvalue weighted by atomic mass is 9.71. The molecule has 1 saturated carbocycles. The number of benzene rings is 1. The fraction of sp³-hybridized carbons (Fsp3) is 0.579. The van der Waals surface area contributed by atoms with Gasteiger partial charge in [0, 0.05) is 10.9 Å². The van der Waals surface area contributed by atoms with Crippen LogP contribution in [0.4, 0.5) is 0 Å². The summed E-state index contributed by atoms with van der Waals surface area (Å²) >= 11 is 6.04. The molecule has 0 bridgehead atoms. The molecule has 0 saturated heterocycles. The molecule has 1 unspecified atom stereocenters. The molecule has 1 aromatic rings. The van der Waals surface area contributed by atoms with Crippen LogP contribution >= 0.6 is 11.6 Å². The second kappa shape index (κ2) is 7.96. The number of Topliss-reactive ketones (excluding diaryl/α,β-unsaturated/α-hetero) is 1. The molecule has 1 aromatic carbocycles. The van der Waals surface area contributed by atoms with E-state index < -0.39 is 11.4 Å². The molecule has 0 aliphatic heterocycles. The molecule has 0 amide bonds. The fourth-order valence-corrected chi connectivity index (χ4v) is 3.63. The molecule has 4 heteroatoms. The molecule has 2 rings (SSSR count). The average molecular weight is 337 g/mol. The number of ketones is 1. The Balaban J connectivity index is 2.27. The van der Waals surface area contributed by atoms with E-state index in [2.05, 4.69) is 0 Å². The van der Waals surface area contributed by atoms with E-state index in [1.165, 1.54) is 6.42 Å². The van der Waals surface area contributed by atoms with Crippen LogP contribution < -0.4 is 0 Å². The molecule has 1 aliphatic carbocycles. The van der Waals surface area contributed by atoms with Gasteiger partial charge in [0.2, 0.25) is 0 Å². The molecule has 1 fully saturated rings. The maximum atomic E-state index is 13.1. The van der Waals surface area contributed by atoms with Crippen molar-refractivity contribution >= 4 is 23.4 Å². The van der Waals surface area contributed by atoms with Crippen LogP contribution in [0.1, 0.15) is 51.5 Å². The van der Waals surface area contributed by atoms with Gasteiger partial charge in [0.1, 0.15) is 5.41 Å². The van der Waals surface area contributed by atoms with E-state index >= 15 is 0 Å². The zero-order valence-corrected chi connectivity index (χ0v) is 14.7. The summed E-state index contributed by atoms with van der Waals surface area (Å²) in [6.45, 7) is 3.77. The molecule has 0 spiro atoms. The van der Waals surface area contributed by atoms with Gasteiger partial charge in [0.15, 0.2) is 5.78 Å². The lowest BCUT2D eigenvalue weighted by molar-refractivity contribution is -0.160. The molecule has 23 heavy (non-hydrogen) atoms. The first-order valence-corrected chi connectivity index (χ1v) is 8.81. The third-order valence-electron chi connectivity index (χ3n) is 4.69. The van der Waals surface area contributed by atoms with Crippen LogP contribution in [0.25, 0.3) is 0 Å². The summed E-state index contributed by atoms with van der Waals surface area (Å²) in [6.07, 6.45) is 5.39. The van der Waals surface area contributed by atoms with Crippen molar-refractivity contribution in [1.29, 1.82) is 0 Å². The molecular formula is C19H25ClO3. The van der Waals surface area contributed by atoms with Gasteiger partial charge in [0.05, 0.1) is 6.61 Å². The number of ether oxygens (including phenoxy) is 1. The van der Waals surface area contributed by atoms with Crippen LogP contribution in [0.5, 0.6) is 0 Å². The van der Waals surface area contributed by atoms with Gasteiger partial charge < -0.3 is 4.74 Å². The van der Waals surface area contributed by atoms with Gasteiger partial charge in [-0.3, -0.25) is 9.59 Å². The summed E-state index contributed by atoms with van der Waals surface area (Å²) in [5.74, 6) is -0.427. The van der Waals surface area contributed by atoms with E-state index in [0.29, 0.717) is 11.4 Å². The second-order valence-corrected chi connectivity index (χ2v) is 6.99. The van der Waals surface area contributed by atoms with Gasteiger partial charge in [-0.2, -0.15) is 0 Å². The lowest BCUT2D eigenvalue weighted by Gasteiger charge is -2.31. The standard InChI is InChI=1S/C19H25ClO3/c1-3-23-18(22)19(2,13-14-8-7-11-16(20)12-14)17(21)15-9-5-4-6-10-15/h7-8,11-12,15H,3-6,9-10,13H2,1-2H3. The Morgan fingerprint density at radius 3 is 2.57 bits per heavy atom. The number of halogens is 1. The van der Waals surface area contributed by atoms with Crippen molar-refractivity contribution in [3.8, 4) is 0 Å². The van der Waals surface area contributed by atoms with E-state index in [1.807, 2.05) is 18.2 Å². The highest BCUT2D eigenvalue weighted by atomic mass is 35.5. The predicted octanol–water partition coefficient (Wildman–Crippen LogP) is 4.60. The van der Waals surface area contributed by atoms with Crippen LogP contribution in [0.15, 0.2) is 24.3 Å². The summed E-state index contributed by atoms with van der Waals surface area (Å²) in [6, 6.07) is 7.34. The molecule has 0 N–H and O–H groups in total. The van der Waals surface area contributed by atoms with Crippen LogP contribution in [0.3, 0.4) is 0 Å². The van der Waals surface area contributed by atoms with E-state index in [1.54, 1.807) is 19.9 Å². The van der Waals surface area contributed by atoms with Gasteiger partial charge in [-0.1, -0.05) is 43.0 Å². The van der Waals surface area contributed by atoms with Gasteiger partial charge in [-0.15, -0.1) is 0 Å². The molecule has 0 radical (unpaired) electrons. The highest BCUT2D eigenvalue weighted by molar-refractivity contribution is 6.30. The monoisotopic (exact) mass is 336 g/mol. The molecule has 1 atom stereocenters. The summed E-state index contributed by atoms with van der Waals surface area (Å²) in [5, 5.41) is 0.610. The van der Waals surface area contributed by atoms with E-state index in [0.717, 1.165) is 31.2 Å². The van der Waals surface area contributed by atoms with Crippen molar-refractivity contribution < 1.29 is 14.3 Å². The molecule has 126 valence electrons. The molecular weight excluding hydrogens is 312 g/mol. The Hall–Kier alpha value is -1.35. The number of hydrogen-bond donors (Lipinski definition) is 0. The predicted molar refractivity (Wildman–Crippen MR) is 91.5 cm³/mol. The summed E-state index contributed by atoms with van der Waals surface area (Å²) < 4.78 is 5.23. The van der Waals surface area contributed by atoms with E-state index in [-0.39, 0.29) is 18.3 Å². The Bertz CT molecular complexity index is 563. The zero-order valence-electron chi connectivity index (χ0n) is 13.9. The fourth-order valence-electron chi connectivity index (χ4n) is 3.42. The Morgan fingerprint density at radius 2 is 1.96 bits per heavy atom. The first-order valence-electron chi connectivity index (χ1n) is 8.43. The normalized spacial score (nSPS) is 18.2. The van der Waals surface area contributed by atoms with E-state index in [9.17, 15) is 9.59 Å². The topological polar surface area (TPSA) is 43.4 Å². The number of carbonyl (C=O) groups is 2. The molecule has 1 aliphatic rings. The Labute approximate surface area is 143 Å². The highest BCUT2D eigenvalue weighted by Crippen LogP contribution is 2.35. The number of rotatable bonds is 6. The van der Waals surface area contributed by atoms with Gasteiger partial charge in [-0.05, 0) is 50.8 Å². The zero-order chi connectivity index (χ0) is 16.9.